The number of carbonyl (C=O) groups is 2. The zero-order valence-electron chi connectivity index (χ0n) is 17.5. The number of fused-ring (bicyclic) bond motifs is 1. The van der Waals surface area contributed by atoms with E-state index in [1.807, 2.05) is 5.38 Å². The van der Waals surface area contributed by atoms with E-state index in [9.17, 15) is 9.59 Å². The molecule has 1 amide bonds. The molecule has 0 aliphatic carbocycles. The third-order valence-electron chi connectivity index (χ3n) is 4.98. The lowest BCUT2D eigenvalue weighted by molar-refractivity contribution is -0.116. The van der Waals surface area contributed by atoms with Gasteiger partial charge in [0.1, 0.15) is 5.75 Å². The minimum atomic E-state index is -0.298. The number of hydrogen-bond acceptors (Lipinski definition) is 6. The SMILES string of the molecule is COc1ccc(C(=O)CCC(=O)Nc2nc3scc(-c4ccc(C)cc4C)n3n2)cc1. The Morgan fingerprint density at radius 1 is 1.10 bits per heavy atom. The van der Waals surface area contributed by atoms with Crippen LogP contribution in [0.15, 0.2) is 47.8 Å². The number of amides is 1. The summed E-state index contributed by atoms with van der Waals surface area (Å²) in [5, 5.41) is 9.15. The van der Waals surface area contributed by atoms with Crippen molar-refractivity contribution in [2.45, 2.75) is 26.7 Å². The predicted molar refractivity (Wildman–Crippen MR) is 121 cm³/mol. The van der Waals surface area contributed by atoms with Gasteiger partial charge in [-0.1, -0.05) is 23.8 Å². The van der Waals surface area contributed by atoms with Gasteiger partial charge in [0.05, 0.1) is 12.8 Å². The van der Waals surface area contributed by atoms with Crippen molar-refractivity contribution in [3.8, 4) is 17.0 Å². The molecule has 1 N–H and O–H groups in total. The van der Waals surface area contributed by atoms with Crippen LogP contribution >= 0.6 is 11.3 Å². The zero-order chi connectivity index (χ0) is 22.0. The van der Waals surface area contributed by atoms with E-state index in [0.29, 0.717) is 16.3 Å². The Kier molecular flexibility index (Phi) is 5.81. The van der Waals surface area contributed by atoms with Crippen molar-refractivity contribution in [3.05, 3.63) is 64.5 Å². The van der Waals surface area contributed by atoms with Crippen LogP contribution in [-0.4, -0.2) is 33.4 Å². The molecule has 0 radical (unpaired) electrons. The molecular formula is C23H22N4O3S. The number of nitrogens with one attached hydrogen (secondary N) is 1. The highest BCUT2D eigenvalue weighted by Crippen LogP contribution is 2.29. The van der Waals surface area contributed by atoms with Gasteiger partial charge in [0.15, 0.2) is 5.78 Å². The van der Waals surface area contributed by atoms with E-state index in [-0.39, 0.29) is 30.5 Å². The van der Waals surface area contributed by atoms with Gasteiger partial charge < -0.3 is 4.74 Å². The Hall–Kier alpha value is -3.52. The first kappa shape index (κ1) is 20.7. The number of carbonyl (C=O) groups excluding carboxylic acids is 2. The monoisotopic (exact) mass is 434 g/mol. The summed E-state index contributed by atoms with van der Waals surface area (Å²) < 4.78 is 6.83. The number of thiazole rings is 1. The molecule has 0 atom stereocenters. The second-order valence-electron chi connectivity index (χ2n) is 7.27. The summed E-state index contributed by atoms with van der Waals surface area (Å²) in [6.45, 7) is 4.12. The first-order chi connectivity index (χ1) is 14.9. The van der Waals surface area contributed by atoms with Crippen molar-refractivity contribution < 1.29 is 14.3 Å². The fourth-order valence-corrected chi connectivity index (χ4v) is 4.18. The molecule has 2 aromatic carbocycles. The van der Waals surface area contributed by atoms with Crippen LogP contribution in [0.25, 0.3) is 16.2 Å². The molecule has 4 rings (SSSR count). The van der Waals surface area contributed by atoms with Crippen LogP contribution < -0.4 is 10.1 Å². The fourth-order valence-electron chi connectivity index (χ4n) is 3.36. The van der Waals surface area contributed by atoms with E-state index < -0.39 is 0 Å². The third kappa shape index (κ3) is 4.49. The van der Waals surface area contributed by atoms with Crippen LogP contribution in [0.2, 0.25) is 0 Å². The molecule has 7 nitrogen and oxygen atoms in total. The zero-order valence-corrected chi connectivity index (χ0v) is 18.3. The van der Waals surface area contributed by atoms with Crippen LogP contribution in [0, 0.1) is 13.8 Å². The Bertz CT molecular complexity index is 1260. The maximum atomic E-state index is 12.3. The highest BCUT2D eigenvalue weighted by Gasteiger charge is 2.16. The van der Waals surface area contributed by atoms with Crippen LogP contribution in [0.5, 0.6) is 5.75 Å². The third-order valence-corrected chi connectivity index (χ3v) is 5.80. The number of rotatable bonds is 7. The van der Waals surface area contributed by atoms with Gasteiger partial charge in [0.25, 0.3) is 0 Å². The number of hydrogen-bond donors (Lipinski definition) is 1. The molecule has 0 aliphatic heterocycles. The van der Waals surface area contributed by atoms with E-state index in [0.717, 1.165) is 16.8 Å². The molecule has 0 bridgehead atoms. The van der Waals surface area contributed by atoms with Crippen molar-refractivity contribution in [1.82, 2.24) is 14.6 Å². The second kappa shape index (κ2) is 8.69. The highest BCUT2D eigenvalue weighted by atomic mass is 32.1. The number of aryl methyl sites for hydroxylation is 2. The molecular weight excluding hydrogens is 412 g/mol. The summed E-state index contributed by atoms with van der Waals surface area (Å²) in [4.78, 5) is 29.7. The Balaban J connectivity index is 1.42. The van der Waals surface area contributed by atoms with Crippen molar-refractivity contribution in [3.63, 3.8) is 0 Å². The summed E-state index contributed by atoms with van der Waals surface area (Å²) in [6.07, 6.45) is 0.163. The molecule has 0 unspecified atom stereocenters. The van der Waals surface area contributed by atoms with Crippen LogP contribution in [-0.2, 0) is 4.79 Å². The largest absolute Gasteiger partial charge is 0.497 e. The average molecular weight is 435 g/mol. The molecule has 2 aromatic heterocycles. The maximum Gasteiger partial charge on any atom is 0.250 e. The molecule has 0 spiro atoms. The van der Waals surface area contributed by atoms with Crippen LogP contribution in [0.3, 0.4) is 0 Å². The molecule has 158 valence electrons. The molecule has 8 heteroatoms. The van der Waals surface area contributed by atoms with Gasteiger partial charge in [-0.05, 0) is 43.7 Å². The maximum absolute atomic E-state index is 12.3. The van der Waals surface area contributed by atoms with Crippen LogP contribution in [0.1, 0.15) is 34.3 Å². The molecule has 0 saturated carbocycles. The highest BCUT2D eigenvalue weighted by molar-refractivity contribution is 7.15. The topological polar surface area (TPSA) is 85.6 Å². The lowest BCUT2D eigenvalue weighted by Crippen LogP contribution is -2.14. The molecule has 0 fully saturated rings. The fraction of sp³-hybridized carbons (Fsp3) is 0.217. The summed E-state index contributed by atoms with van der Waals surface area (Å²) in [6, 6.07) is 13.1. The molecule has 31 heavy (non-hydrogen) atoms. The molecule has 0 aliphatic rings. The number of anilines is 1. The van der Waals surface area contributed by atoms with Crippen LogP contribution in [0.4, 0.5) is 5.95 Å². The van der Waals surface area contributed by atoms with Gasteiger partial charge in [0, 0.05) is 29.3 Å². The number of methoxy groups -OCH3 is 1. The normalized spacial score (nSPS) is 10.9. The number of benzene rings is 2. The Morgan fingerprint density at radius 3 is 2.58 bits per heavy atom. The van der Waals surface area contributed by atoms with Gasteiger partial charge in [-0.25, -0.2) is 4.52 Å². The van der Waals surface area contributed by atoms with E-state index in [2.05, 4.69) is 47.4 Å². The summed E-state index contributed by atoms with van der Waals surface area (Å²) in [7, 11) is 1.57. The number of aromatic nitrogens is 3. The van der Waals surface area contributed by atoms with Gasteiger partial charge in [0.2, 0.25) is 16.8 Å². The number of ether oxygens (including phenoxy) is 1. The Labute approximate surface area is 183 Å². The lowest BCUT2D eigenvalue weighted by Gasteiger charge is -2.05. The van der Waals surface area contributed by atoms with Crippen molar-refractivity contribution >= 4 is 33.9 Å². The first-order valence-electron chi connectivity index (χ1n) is 9.83. The smallest absolute Gasteiger partial charge is 0.250 e. The van der Waals surface area contributed by atoms with E-state index >= 15 is 0 Å². The minimum absolute atomic E-state index is 0.0572. The molecule has 2 heterocycles. The van der Waals surface area contributed by atoms with Crippen molar-refractivity contribution in [1.29, 1.82) is 0 Å². The van der Waals surface area contributed by atoms with Gasteiger partial charge in [-0.15, -0.1) is 16.4 Å². The van der Waals surface area contributed by atoms with E-state index in [4.69, 9.17) is 4.74 Å². The van der Waals surface area contributed by atoms with Crippen molar-refractivity contribution in [2.75, 3.05) is 12.4 Å². The summed E-state index contributed by atoms with van der Waals surface area (Å²) >= 11 is 1.46. The minimum Gasteiger partial charge on any atom is -0.497 e. The predicted octanol–water partition coefficient (Wildman–Crippen LogP) is 4.68. The van der Waals surface area contributed by atoms with Crippen molar-refractivity contribution in [2.24, 2.45) is 0 Å². The van der Waals surface area contributed by atoms with Gasteiger partial charge in [-0.3, -0.25) is 14.9 Å². The average Bonchev–Trinajstić information content (AvgIpc) is 3.32. The second-order valence-corrected chi connectivity index (χ2v) is 8.11. The quantitative estimate of drug-likeness (QED) is 0.427. The standard InChI is InChI=1S/C23H22N4O3S/c1-14-4-9-18(15(2)12-14)19-13-31-23-25-22(26-27(19)23)24-21(29)11-10-20(28)16-5-7-17(30-3)8-6-16/h4-9,12-13H,10-11H2,1-3H3,(H,24,26,29). The molecule has 4 aromatic rings. The van der Waals surface area contributed by atoms with E-state index in [1.54, 1.807) is 35.9 Å². The number of ketones is 1. The van der Waals surface area contributed by atoms with Gasteiger partial charge >= 0.3 is 0 Å². The summed E-state index contributed by atoms with van der Waals surface area (Å²) in [5.41, 5.74) is 4.90. The number of nitrogens with zero attached hydrogens (tertiary/aromatic N) is 3. The van der Waals surface area contributed by atoms with E-state index in [1.165, 1.54) is 16.9 Å². The van der Waals surface area contributed by atoms with Gasteiger partial charge in [-0.2, -0.15) is 4.98 Å². The lowest BCUT2D eigenvalue weighted by atomic mass is 10.0. The number of Topliss-reactive ketones (excluding diaryl/α,β-unsaturated/α-hetero) is 1. The first-order valence-corrected chi connectivity index (χ1v) is 10.7. The Morgan fingerprint density at radius 2 is 1.87 bits per heavy atom. The molecule has 0 saturated heterocycles. The summed E-state index contributed by atoms with van der Waals surface area (Å²) in [5.74, 6) is 0.516.